The van der Waals surface area contributed by atoms with Gasteiger partial charge in [-0.1, -0.05) is 17.7 Å². The second-order valence-corrected chi connectivity index (χ2v) is 5.71. The zero-order chi connectivity index (χ0) is 14.0. The van der Waals surface area contributed by atoms with Gasteiger partial charge in [-0.15, -0.1) is 5.10 Å². The minimum absolute atomic E-state index is 0.0364. The van der Waals surface area contributed by atoms with Crippen LogP contribution in [0.2, 0.25) is 5.02 Å². The molecule has 2 rings (SSSR count). The molecule has 1 heterocycles. The van der Waals surface area contributed by atoms with Crippen molar-refractivity contribution in [3.63, 3.8) is 0 Å². The van der Waals surface area contributed by atoms with Gasteiger partial charge < -0.3 is 5.73 Å². The molecule has 0 spiro atoms. The number of hydrogen-bond acceptors (Lipinski definition) is 4. The molecule has 5 nitrogen and oxygen atoms in total. The second kappa shape index (κ2) is 5.81. The Balaban J connectivity index is 2.42. The van der Waals surface area contributed by atoms with Crippen LogP contribution in [0, 0.1) is 0 Å². The molecule has 0 aliphatic heterocycles. The van der Waals surface area contributed by atoms with Gasteiger partial charge in [-0.2, -0.15) is 0 Å². The van der Waals surface area contributed by atoms with Gasteiger partial charge in [0.2, 0.25) is 0 Å². The molecule has 1 aromatic heterocycles. The molecule has 0 fully saturated rings. The first-order valence-corrected chi connectivity index (χ1v) is 7.06. The van der Waals surface area contributed by atoms with Crippen LogP contribution >= 0.6 is 23.4 Å². The third-order valence-corrected chi connectivity index (χ3v) is 4.10. The zero-order valence-corrected chi connectivity index (χ0v) is 12.3. The summed E-state index contributed by atoms with van der Waals surface area (Å²) in [5.74, 6) is 0. The maximum atomic E-state index is 11.7. The van der Waals surface area contributed by atoms with E-state index in [1.807, 2.05) is 26.0 Å². The Labute approximate surface area is 120 Å². The Bertz CT molecular complexity index is 635. The topological polar surface area (TPSA) is 76.7 Å². The Hall–Kier alpha value is -1.24. The quantitative estimate of drug-likeness (QED) is 0.909. The van der Waals surface area contributed by atoms with Crippen molar-refractivity contribution in [2.24, 2.45) is 5.73 Å². The van der Waals surface area contributed by atoms with Gasteiger partial charge in [-0.05, 0) is 43.3 Å². The number of rotatable bonds is 4. The van der Waals surface area contributed by atoms with E-state index in [-0.39, 0.29) is 11.7 Å². The minimum atomic E-state index is -0.214. The molecule has 102 valence electrons. The number of halogens is 1. The zero-order valence-electron chi connectivity index (χ0n) is 10.7. The number of aromatic amines is 1. The molecular weight excluding hydrogens is 284 g/mol. The molecule has 0 unspecified atom stereocenters. The van der Waals surface area contributed by atoms with Crippen molar-refractivity contribution in [3.8, 4) is 0 Å². The normalized spacial score (nSPS) is 11.2. The highest BCUT2D eigenvalue weighted by Crippen LogP contribution is 2.32. The fourth-order valence-corrected chi connectivity index (χ4v) is 3.20. The van der Waals surface area contributed by atoms with E-state index in [1.54, 1.807) is 10.6 Å². The lowest BCUT2D eigenvalue weighted by Gasteiger charge is -2.11. The first-order chi connectivity index (χ1) is 9.04. The number of H-pyrrole nitrogens is 1. The predicted molar refractivity (Wildman–Crippen MR) is 76.7 cm³/mol. The number of nitrogens with one attached hydrogen (secondary N) is 1. The molecule has 2 aromatic rings. The van der Waals surface area contributed by atoms with Crippen LogP contribution in [0.4, 0.5) is 0 Å². The summed E-state index contributed by atoms with van der Waals surface area (Å²) in [5.41, 5.74) is 6.36. The Morgan fingerprint density at radius 1 is 1.53 bits per heavy atom. The lowest BCUT2D eigenvalue weighted by atomic mass is 10.2. The van der Waals surface area contributed by atoms with E-state index in [0.29, 0.717) is 16.7 Å². The summed E-state index contributed by atoms with van der Waals surface area (Å²) in [6.45, 7) is 4.21. The van der Waals surface area contributed by atoms with Crippen LogP contribution in [0.5, 0.6) is 0 Å². The van der Waals surface area contributed by atoms with Gasteiger partial charge in [-0.3, -0.25) is 4.57 Å². The standard InChI is InChI=1S/C12H15ClN4OS/c1-7(2)17-11(18)15-16-12(17)19-10-5-3-4-9(13)8(10)6-14/h3-5,7H,6,14H2,1-2H3,(H,15,18). The van der Waals surface area contributed by atoms with Crippen LogP contribution < -0.4 is 11.4 Å². The Kier molecular flexibility index (Phi) is 4.34. The third kappa shape index (κ3) is 2.86. The number of hydrogen-bond donors (Lipinski definition) is 2. The molecule has 0 saturated heterocycles. The van der Waals surface area contributed by atoms with Crippen molar-refractivity contribution in [1.82, 2.24) is 14.8 Å². The molecule has 1 aromatic carbocycles. The van der Waals surface area contributed by atoms with Crippen molar-refractivity contribution in [3.05, 3.63) is 39.3 Å². The minimum Gasteiger partial charge on any atom is -0.326 e. The van der Waals surface area contributed by atoms with E-state index in [1.165, 1.54) is 11.8 Å². The molecular formula is C12H15ClN4OS. The molecule has 19 heavy (non-hydrogen) atoms. The molecule has 0 atom stereocenters. The van der Waals surface area contributed by atoms with Crippen LogP contribution in [0.25, 0.3) is 0 Å². The molecule has 7 heteroatoms. The summed E-state index contributed by atoms with van der Waals surface area (Å²) >= 11 is 7.50. The average Bonchev–Trinajstić information content (AvgIpc) is 2.71. The highest BCUT2D eigenvalue weighted by atomic mass is 35.5. The first-order valence-electron chi connectivity index (χ1n) is 5.86. The summed E-state index contributed by atoms with van der Waals surface area (Å²) in [4.78, 5) is 12.6. The molecule has 0 radical (unpaired) electrons. The van der Waals surface area contributed by atoms with E-state index < -0.39 is 0 Å². The van der Waals surface area contributed by atoms with E-state index >= 15 is 0 Å². The monoisotopic (exact) mass is 298 g/mol. The maximum absolute atomic E-state index is 11.7. The Morgan fingerprint density at radius 2 is 2.26 bits per heavy atom. The van der Waals surface area contributed by atoms with Crippen LogP contribution in [-0.4, -0.2) is 14.8 Å². The van der Waals surface area contributed by atoms with Crippen molar-refractivity contribution < 1.29 is 0 Å². The van der Waals surface area contributed by atoms with E-state index in [4.69, 9.17) is 17.3 Å². The van der Waals surface area contributed by atoms with E-state index in [2.05, 4.69) is 10.2 Å². The molecule has 0 bridgehead atoms. The van der Waals surface area contributed by atoms with Gasteiger partial charge in [0.05, 0.1) is 0 Å². The SMILES string of the molecule is CC(C)n1c(Sc2cccc(Cl)c2CN)n[nH]c1=O. The van der Waals surface area contributed by atoms with Crippen molar-refractivity contribution in [2.45, 2.75) is 36.5 Å². The molecule has 0 aliphatic carbocycles. The van der Waals surface area contributed by atoms with Crippen LogP contribution in [0.15, 0.2) is 33.0 Å². The maximum Gasteiger partial charge on any atom is 0.344 e. The predicted octanol–water partition coefficient (Wildman–Crippen LogP) is 2.42. The summed E-state index contributed by atoms with van der Waals surface area (Å²) in [5, 5.41) is 7.74. The summed E-state index contributed by atoms with van der Waals surface area (Å²) in [6, 6.07) is 5.61. The highest BCUT2D eigenvalue weighted by molar-refractivity contribution is 7.99. The molecule has 0 amide bonds. The summed E-state index contributed by atoms with van der Waals surface area (Å²) in [7, 11) is 0. The van der Waals surface area contributed by atoms with Crippen LogP contribution in [-0.2, 0) is 6.54 Å². The van der Waals surface area contributed by atoms with Crippen LogP contribution in [0.1, 0.15) is 25.5 Å². The molecule has 0 saturated carbocycles. The fraction of sp³-hybridized carbons (Fsp3) is 0.333. The molecule has 3 N–H and O–H groups in total. The summed E-state index contributed by atoms with van der Waals surface area (Å²) in [6.07, 6.45) is 0. The van der Waals surface area contributed by atoms with E-state index in [9.17, 15) is 4.79 Å². The summed E-state index contributed by atoms with van der Waals surface area (Å²) < 4.78 is 1.60. The van der Waals surface area contributed by atoms with Gasteiger partial charge in [-0.25, -0.2) is 9.89 Å². The van der Waals surface area contributed by atoms with E-state index in [0.717, 1.165) is 10.5 Å². The van der Waals surface area contributed by atoms with Gasteiger partial charge >= 0.3 is 5.69 Å². The van der Waals surface area contributed by atoms with Crippen molar-refractivity contribution in [2.75, 3.05) is 0 Å². The number of benzene rings is 1. The van der Waals surface area contributed by atoms with Crippen molar-refractivity contribution in [1.29, 1.82) is 0 Å². The lowest BCUT2D eigenvalue weighted by Crippen LogP contribution is -2.19. The smallest absolute Gasteiger partial charge is 0.326 e. The molecule has 0 aliphatic rings. The Morgan fingerprint density at radius 3 is 2.89 bits per heavy atom. The van der Waals surface area contributed by atoms with Crippen LogP contribution in [0.3, 0.4) is 0 Å². The fourth-order valence-electron chi connectivity index (χ4n) is 1.75. The first kappa shape index (κ1) is 14.2. The number of nitrogens with zero attached hydrogens (tertiary/aromatic N) is 2. The second-order valence-electron chi connectivity index (χ2n) is 4.30. The highest BCUT2D eigenvalue weighted by Gasteiger charge is 2.15. The van der Waals surface area contributed by atoms with Gasteiger partial charge in [0.1, 0.15) is 0 Å². The average molecular weight is 299 g/mol. The van der Waals surface area contributed by atoms with Gasteiger partial charge in [0.15, 0.2) is 5.16 Å². The van der Waals surface area contributed by atoms with Gasteiger partial charge in [0, 0.05) is 22.5 Å². The number of nitrogens with two attached hydrogens (primary N) is 1. The van der Waals surface area contributed by atoms with Crippen molar-refractivity contribution >= 4 is 23.4 Å². The van der Waals surface area contributed by atoms with Gasteiger partial charge in [0.25, 0.3) is 0 Å². The lowest BCUT2D eigenvalue weighted by molar-refractivity contribution is 0.534. The largest absolute Gasteiger partial charge is 0.344 e. The number of aromatic nitrogens is 3. The third-order valence-electron chi connectivity index (χ3n) is 2.67.